The van der Waals surface area contributed by atoms with Crippen LogP contribution in [-0.2, 0) is 67.1 Å². The first-order valence-electron chi connectivity index (χ1n) is 21.3. The molecule has 0 radical (unpaired) electrons. The number of aliphatic hydroxyl groups excluding tert-OH is 4. The van der Waals surface area contributed by atoms with Crippen molar-refractivity contribution in [3.05, 3.63) is 0 Å². The largest absolute Gasteiger partial charge is 0.481 e. The van der Waals surface area contributed by atoms with Crippen LogP contribution in [0.1, 0.15) is 67.2 Å². The fourth-order valence-electron chi connectivity index (χ4n) is 5.72. The Hall–Kier alpha value is -7.58. The number of amides is 10. The minimum Gasteiger partial charge on any atom is -0.481 e. The Morgan fingerprint density at radius 2 is 0.704 bits per heavy atom. The van der Waals surface area contributed by atoms with Crippen LogP contribution in [-0.4, -0.2) is 210 Å². The van der Waals surface area contributed by atoms with Crippen molar-refractivity contribution in [2.24, 2.45) is 5.92 Å². The van der Waals surface area contributed by atoms with Gasteiger partial charge in [-0.1, -0.05) is 13.8 Å². The van der Waals surface area contributed by atoms with Crippen LogP contribution in [0, 0.1) is 5.92 Å². The molecule has 0 rings (SSSR count). The van der Waals surface area contributed by atoms with E-state index in [0.29, 0.717) is 0 Å². The van der Waals surface area contributed by atoms with Crippen molar-refractivity contribution < 1.29 is 108 Å². The summed E-state index contributed by atoms with van der Waals surface area (Å²) in [5.41, 5.74) is 0. The average molecular weight is 1020 g/mol. The number of aliphatic carboxylic acids is 4. The summed E-state index contributed by atoms with van der Waals surface area (Å²) in [6.45, 7) is 3.75. The number of carboxylic acid groups (broad SMARTS) is 4. The van der Waals surface area contributed by atoms with E-state index in [1.807, 2.05) is 26.6 Å². The monoisotopic (exact) mass is 1020 g/mol. The smallest absolute Gasteiger partial charge is 0.326 e. The second kappa shape index (κ2) is 30.8. The molecule has 0 aliphatic rings. The van der Waals surface area contributed by atoms with E-state index in [0.717, 1.165) is 27.7 Å². The number of rotatable bonds is 32. The first-order chi connectivity index (χ1) is 32.9. The van der Waals surface area contributed by atoms with Crippen LogP contribution < -0.4 is 53.2 Å². The molecule has 0 unspecified atom stereocenters. The average Bonchev–Trinajstić information content (AvgIpc) is 3.26. The van der Waals surface area contributed by atoms with Crippen LogP contribution >= 0.6 is 0 Å². The summed E-state index contributed by atoms with van der Waals surface area (Å²) in [7, 11) is 0. The Balaban J connectivity index is 5.98. The number of nitrogens with one attached hydrogen (secondary N) is 10. The second-order valence-corrected chi connectivity index (χ2v) is 16.0. The van der Waals surface area contributed by atoms with Gasteiger partial charge in [0.15, 0.2) is 0 Å². The number of carbonyl (C=O) groups excluding carboxylic acids is 10. The SMILES string of the molecule is CC(=O)N[C@@H](CO)C(=O)N[C@@H](CC(=O)O)C(=O)N[C@@H](C)C(=O)N[C@@H](C)C(=O)N[C@H](C(=O)N[C@@H](CC(=O)O)C(=O)N[C@H](C(=O)N[C@@H](CO)C(=O)N[C@@H](CO)C(=O)N[C@@H](CCC(=O)O)C(=O)O)[C@@H](C)O)C(C)C. The van der Waals surface area contributed by atoms with Gasteiger partial charge >= 0.3 is 23.9 Å². The molecule has 0 heterocycles. The van der Waals surface area contributed by atoms with E-state index in [1.165, 1.54) is 13.8 Å². The molecule has 10 amide bonds. The Bertz CT molecular complexity index is 1980. The van der Waals surface area contributed by atoms with Crippen molar-refractivity contribution in [2.45, 2.75) is 134 Å². The number of aliphatic hydroxyl groups is 4. The normalized spacial score (nSPS) is 15.5. The molecule has 0 spiro atoms. The predicted molar refractivity (Wildman–Crippen MR) is 233 cm³/mol. The highest BCUT2D eigenvalue weighted by atomic mass is 16.4. The minimum absolute atomic E-state index is 0.588. The molecule has 0 saturated heterocycles. The summed E-state index contributed by atoms with van der Waals surface area (Å²) < 4.78 is 0. The molecule has 0 aromatic heterocycles. The summed E-state index contributed by atoms with van der Waals surface area (Å²) in [4.78, 5) is 174. The van der Waals surface area contributed by atoms with E-state index in [2.05, 4.69) is 26.6 Å². The van der Waals surface area contributed by atoms with Crippen molar-refractivity contribution in [3.63, 3.8) is 0 Å². The van der Waals surface area contributed by atoms with Crippen LogP contribution in [0.3, 0.4) is 0 Å². The zero-order valence-electron chi connectivity index (χ0n) is 39.2. The van der Waals surface area contributed by atoms with E-state index >= 15 is 0 Å². The lowest BCUT2D eigenvalue weighted by molar-refractivity contribution is -0.144. The minimum atomic E-state index is -2.06. The Morgan fingerprint density at radius 3 is 1.08 bits per heavy atom. The maximum absolute atomic E-state index is 13.5. The fraction of sp³-hybridized carbons (Fsp3) is 0.641. The van der Waals surface area contributed by atoms with Gasteiger partial charge in [0.2, 0.25) is 59.1 Å². The molecule has 32 nitrogen and oxygen atoms in total. The third kappa shape index (κ3) is 23.1. The number of carbonyl (C=O) groups is 14. The molecule has 0 aliphatic carbocycles. The van der Waals surface area contributed by atoms with E-state index in [9.17, 15) is 103 Å². The van der Waals surface area contributed by atoms with Crippen LogP contribution in [0.25, 0.3) is 0 Å². The molecule has 0 fully saturated rings. The second-order valence-electron chi connectivity index (χ2n) is 16.0. The summed E-state index contributed by atoms with van der Waals surface area (Å²) >= 11 is 0. The molecule has 0 aliphatic heterocycles. The predicted octanol–water partition coefficient (Wildman–Crippen LogP) is -9.19. The van der Waals surface area contributed by atoms with E-state index in [1.54, 1.807) is 0 Å². The molecule has 0 bridgehead atoms. The number of hydrogen-bond donors (Lipinski definition) is 18. The summed E-state index contributed by atoms with van der Waals surface area (Å²) in [6.07, 6.45) is -5.29. The van der Waals surface area contributed by atoms with Crippen molar-refractivity contribution in [1.82, 2.24) is 53.2 Å². The van der Waals surface area contributed by atoms with Crippen molar-refractivity contribution >= 4 is 82.9 Å². The van der Waals surface area contributed by atoms with Gasteiger partial charge in [-0.25, -0.2) is 4.79 Å². The molecule has 0 aromatic rings. The van der Waals surface area contributed by atoms with Gasteiger partial charge in [0.05, 0.1) is 38.8 Å². The van der Waals surface area contributed by atoms with Gasteiger partial charge in [-0.2, -0.15) is 0 Å². The fourth-order valence-corrected chi connectivity index (χ4v) is 5.72. The first kappa shape index (κ1) is 63.4. The van der Waals surface area contributed by atoms with E-state index < -0.39 is 201 Å². The molecular weight excluding hydrogens is 960 g/mol. The van der Waals surface area contributed by atoms with Gasteiger partial charge in [-0.15, -0.1) is 0 Å². The highest BCUT2D eigenvalue weighted by Gasteiger charge is 2.37. The first-order valence-corrected chi connectivity index (χ1v) is 21.3. The van der Waals surface area contributed by atoms with Crippen molar-refractivity contribution in [2.75, 3.05) is 19.8 Å². The summed E-state index contributed by atoms with van der Waals surface area (Å²) in [5, 5.41) is 97.0. The third-order valence-corrected chi connectivity index (χ3v) is 9.61. The van der Waals surface area contributed by atoms with Gasteiger partial charge in [0.1, 0.15) is 60.4 Å². The number of hydrogen-bond acceptors (Lipinski definition) is 18. The molecular formula is C39H62N10O22. The van der Waals surface area contributed by atoms with Crippen LogP contribution in [0.2, 0.25) is 0 Å². The summed E-state index contributed by atoms with van der Waals surface area (Å²) in [5.74, 6) is -19.0. The molecule has 18 N–H and O–H groups in total. The highest BCUT2D eigenvalue weighted by molar-refractivity contribution is 6.00. The molecule has 32 heteroatoms. The lowest BCUT2D eigenvalue weighted by Crippen LogP contribution is -2.63. The molecule has 0 aromatic carbocycles. The maximum Gasteiger partial charge on any atom is 0.326 e. The van der Waals surface area contributed by atoms with Gasteiger partial charge in [0, 0.05) is 13.3 Å². The summed E-state index contributed by atoms with van der Waals surface area (Å²) in [6, 6.07) is -17.7. The quantitative estimate of drug-likeness (QED) is 0.0297. The lowest BCUT2D eigenvalue weighted by Gasteiger charge is -2.28. The molecule has 71 heavy (non-hydrogen) atoms. The Morgan fingerprint density at radius 1 is 0.380 bits per heavy atom. The van der Waals surface area contributed by atoms with Crippen molar-refractivity contribution in [3.8, 4) is 0 Å². The Labute approximate surface area is 403 Å². The van der Waals surface area contributed by atoms with Crippen molar-refractivity contribution in [1.29, 1.82) is 0 Å². The molecule has 400 valence electrons. The van der Waals surface area contributed by atoms with Crippen LogP contribution in [0.4, 0.5) is 0 Å². The van der Waals surface area contributed by atoms with Gasteiger partial charge in [0.25, 0.3) is 0 Å². The van der Waals surface area contributed by atoms with Gasteiger partial charge in [-0.05, 0) is 33.1 Å². The third-order valence-electron chi connectivity index (χ3n) is 9.61. The zero-order valence-corrected chi connectivity index (χ0v) is 39.2. The Kier molecular flexibility index (Phi) is 27.5. The van der Waals surface area contributed by atoms with E-state index in [4.69, 9.17) is 5.11 Å². The van der Waals surface area contributed by atoms with Gasteiger partial charge in [-0.3, -0.25) is 62.3 Å². The highest BCUT2D eigenvalue weighted by Crippen LogP contribution is 2.07. The van der Waals surface area contributed by atoms with Crippen LogP contribution in [0.15, 0.2) is 0 Å². The van der Waals surface area contributed by atoms with E-state index in [-0.39, 0.29) is 0 Å². The lowest BCUT2D eigenvalue weighted by atomic mass is 10.0. The maximum atomic E-state index is 13.5. The standard InChI is InChI=1S/C39H62N10O22/c1-14(2)28(48-31(62)16(4)40-30(61)15(3)41-32(63)20(9-26(57)58)44-34(65)22(11-50)42-18(6)54)37(68)45-21(10-27(59)60)33(64)49-29(17(5)53)38(69)47-24(13-52)36(67)46-23(12-51)35(66)43-19(39(70)71)7-8-25(55)56/h14-17,19-24,28-29,50-53H,7-13H2,1-6H3,(H,40,61)(H,41,63)(H,42,54)(H,43,66)(H,44,65)(H,45,68)(H,46,67)(H,47,69)(H,48,62)(H,49,64)(H,55,56)(H,57,58)(H,59,60)(H,70,71)/t15-,16-,17+,19-,20-,21-,22-,23-,24-,28-,29-/m0/s1. The van der Waals surface area contributed by atoms with Crippen LogP contribution in [0.5, 0.6) is 0 Å². The zero-order chi connectivity index (χ0) is 55.0. The molecule has 0 saturated carbocycles. The topological polar surface area (TPSA) is 521 Å². The molecule has 11 atom stereocenters. The number of carboxylic acids is 4. The van der Waals surface area contributed by atoms with Gasteiger partial charge < -0.3 is 94.0 Å².